The molecule has 0 bridgehead atoms. The Labute approximate surface area is 225 Å². The summed E-state index contributed by atoms with van der Waals surface area (Å²) in [7, 11) is 0. The molecule has 192 valence electrons. The number of rotatable bonds is 7. The van der Waals surface area contributed by atoms with Crippen LogP contribution in [0.5, 0.6) is 0 Å². The first-order valence-corrected chi connectivity index (χ1v) is 12.8. The van der Waals surface area contributed by atoms with Crippen LogP contribution >= 0.6 is 0 Å². The average Bonchev–Trinajstić information content (AvgIpc) is 3.89. The van der Waals surface area contributed by atoms with Gasteiger partial charge in [-0.3, -0.25) is 19.6 Å². The summed E-state index contributed by atoms with van der Waals surface area (Å²) in [6.07, 6.45) is 9.93. The maximum absolute atomic E-state index is 13.0. The molecule has 39 heavy (non-hydrogen) atoms. The number of nitrogens with zero attached hydrogens (tertiary/aromatic N) is 5. The van der Waals surface area contributed by atoms with Crippen molar-refractivity contribution >= 4 is 23.3 Å². The topological polar surface area (TPSA) is 134 Å². The van der Waals surface area contributed by atoms with Crippen LogP contribution in [-0.2, 0) is 10.2 Å². The Morgan fingerprint density at radius 1 is 0.974 bits per heavy atom. The number of amides is 2. The van der Waals surface area contributed by atoms with E-state index in [9.17, 15) is 14.9 Å². The molecule has 0 aliphatic heterocycles. The van der Waals surface area contributed by atoms with E-state index in [1.165, 1.54) is 0 Å². The van der Waals surface area contributed by atoms with E-state index in [2.05, 4.69) is 31.7 Å². The zero-order chi connectivity index (χ0) is 27.0. The standard InChI is InChI=1S/C30H25N7O2/c1-18-2-5-22(35-29(39)21-7-10-33-26(12-21)30(17-31)8-9-30)14-23(18)25-16-32-15-24(36-25)20-6-11-34-27(13-20)37-28(38)19-3-4-19/h2,5-7,10-16,19H,3-4,8-9H2,1H3,(H,35,39)(H,34,37,38). The van der Waals surface area contributed by atoms with Gasteiger partial charge in [-0.25, -0.2) is 9.97 Å². The monoisotopic (exact) mass is 515 g/mol. The predicted octanol–water partition coefficient (Wildman–Crippen LogP) is 5.07. The molecule has 0 radical (unpaired) electrons. The minimum atomic E-state index is -0.560. The van der Waals surface area contributed by atoms with Crippen molar-refractivity contribution in [2.75, 3.05) is 10.6 Å². The van der Waals surface area contributed by atoms with Crippen molar-refractivity contribution in [3.63, 3.8) is 0 Å². The highest BCUT2D eigenvalue weighted by molar-refractivity contribution is 6.04. The van der Waals surface area contributed by atoms with Crippen molar-refractivity contribution in [1.82, 2.24) is 19.9 Å². The summed E-state index contributed by atoms with van der Waals surface area (Å²) in [6.45, 7) is 1.97. The molecule has 0 unspecified atom stereocenters. The van der Waals surface area contributed by atoms with Crippen LogP contribution in [0.15, 0.2) is 67.3 Å². The number of hydrogen-bond acceptors (Lipinski definition) is 7. The first-order chi connectivity index (χ1) is 18.9. The van der Waals surface area contributed by atoms with Gasteiger partial charge in [-0.2, -0.15) is 5.26 Å². The first-order valence-electron chi connectivity index (χ1n) is 12.8. The van der Waals surface area contributed by atoms with Crippen LogP contribution < -0.4 is 10.6 Å². The summed E-state index contributed by atoms with van der Waals surface area (Å²) in [5, 5.41) is 15.3. The number of aryl methyl sites for hydroxylation is 1. The van der Waals surface area contributed by atoms with Gasteiger partial charge in [0.25, 0.3) is 5.91 Å². The van der Waals surface area contributed by atoms with Crippen LogP contribution in [-0.4, -0.2) is 31.8 Å². The highest BCUT2D eigenvalue weighted by Crippen LogP contribution is 2.46. The number of hydrogen-bond donors (Lipinski definition) is 2. The molecule has 9 heteroatoms. The van der Waals surface area contributed by atoms with Crippen LogP contribution in [0, 0.1) is 24.2 Å². The van der Waals surface area contributed by atoms with Gasteiger partial charge in [0.05, 0.1) is 41.0 Å². The van der Waals surface area contributed by atoms with E-state index >= 15 is 0 Å². The summed E-state index contributed by atoms with van der Waals surface area (Å²) in [4.78, 5) is 43.0. The number of anilines is 2. The molecule has 6 rings (SSSR count). The summed E-state index contributed by atoms with van der Waals surface area (Å²) in [5.74, 6) is 0.287. The molecule has 0 spiro atoms. The molecule has 2 saturated carbocycles. The lowest BCUT2D eigenvalue weighted by Gasteiger charge is -2.12. The third-order valence-electron chi connectivity index (χ3n) is 7.14. The summed E-state index contributed by atoms with van der Waals surface area (Å²) < 4.78 is 0. The Balaban J connectivity index is 1.23. The van der Waals surface area contributed by atoms with Crippen LogP contribution in [0.4, 0.5) is 11.5 Å². The molecule has 3 heterocycles. The van der Waals surface area contributed by atoms with E-state index in [-0.39, 0.29) is 17.7 Å². The largest absolute Gasteiger partial charge is 0.322 e. The number of nitrogens with one attached hydrogen (secondary N) is 2. The fraction of sp³-hybridized carbons (Fsp3) is 0.233. The smallest absolute Gasteiger partial charge is 0.255 e. The Morgan fingerprint density at radius 2 is 1.77 bits per heavy atom. The minimum Gasteiger partial charge on any atom is -0.322 e. The van der Waals surface area contributed by atoms with Gasteiger partial charge >= 0.3 is 0 Å². The van der Waals surface area contributed by atoms with Gasteiger partial charge in [-0.05, 0) is 74.6 Å². The average molecular weight is 516 g/mol. The van der Waals surface area contributed by atoms with Crippen LogP contribution in [0.3, 0.4) is 0 Å². The Hall–Kier alpha value is -4.97. The van der Waals surface area contributed by atoms with E-state index in [0.29, 0.717) is 34.2 Å². The molecular formula is C30H25N7O2. The van der Waals surface area contributed by atoms with Crippen LogP contribution in [0.2, 0.25) is 0 Å². The number of carbonyl (C=O) groups excluding carboxylic acids is 2. The third-order valence-corrected chi connectivity index (χ3v) is 7.14. The number of nitriles is 1. The van der Waals surface area contributed by atoms with Gasteiger partial charge in [-0.1, -0.05) is 6.07 Å². The molecule has 1 aromatic carbocycles. The number of benzene rings is 1. The number of aromatic nitrogens is 4. The van der Waals surface area contributed by atoms with Crippen LogP contribution in [0.1, 0.15) is 47.3 Å². The van der Waals surface area contributed by atoms with E-state index in [1.54, 1.807) is 43.0 Å². The quantitative estimate of drug-likeness (QED) is 0.351. The Kier molecular flexibility index (Phi) is 6.08. The second-order valence-corrected chi connectivity index (χ2v) is 10.1. The molecule has 2 amide bonds. The minimum absolute atomic E-state index is 0.00549. The lowest BCUT2D eigenvalue weighted by molar-refractivity contribution is -0.117. The van der Waals surface area contributed by atoms with Gasteiger partial charge in [0.1, 0.15) is 5.82 Å². The SMILES string of the molecule is Cc1ccc(NC(=O)c2ccnc(C3(C#N)CC3)c2)cc1-c1cncc(-c2ccnc(NC(=O)C3CC3)c2)n1. The maximum Gasteiger partial charge on any atom is 0.255 e. The molecule has 0 saturated heterocycles. The van der Waals surface area contributed by atoms with Crippen molar-refractivity contribution in [3.8, 4) is 28.6 Å². The predicted molar refractivity (Wildman–Crippen MR) is 146 cm³/mol. The van der Waals surface area contributed by atoms with Crippen molar-refractivity contribution in [1.29, 1.82) is 5.26 Å². The fourth-order valence-corrected chi connectivity index (χ4v) is 4.43. The fourth-order valence-electron chi connectivity index (χ4n) is 4.43. The lowest BCUT2D eigenvalue weighted by atomic mass is 10.0. The van der Waals surface area contributed by atoms with Gasteiger partial charge in [-0.15, -0.1) is 0 Å². The van der Waals surface area contributed by atoms with Crippen molar-refractivity contribution < 1.29 is 9.59 Å². The van der Waals surface area contributed by atoms with Gasteiger partial charge in [0.15, 0.2) is 0 Å². The lowest BCUT2D eigenvalue weighted by Crippen LogP contribution is -2.14. The van der Waals surface area contributed by atoms with Gasteiger partial charge in [0, 0.05) is 40.7 Å². The van der Waals surface area contributed by atoms with E-state index in [4.69, 9.17) is 4.98 Å². The Morgan fingerprint density at radius 3 is 2.54 bits per heavy atom. The van der Waals surface area contributed by atoms with E-state index < -0.39 is 5.41 Å². The zero-order valence-electron chi connectivity index (χ0n) is 21.3. The van der Waals surface area contributed by atoms with Crippen LogP contribution in [0.25, 0.3) is 22.5 Å². The zero-order valence-corrected chi connectivity index (χ0v) is 21.3. The molecule has 4 aromatic rings. The van der Waals surface area contributed by atoms with E-state index in [1.807, 2.05) is 31.2 Å². The van der Waals surface area contributed by atoms with Gasteiger partial charge in [0.2, 0.25) is 5.91 Å². The summed E-state index contributed by atoms with van der Waals surface area (Å²) in [6, 6.07) is 14.9. The number of carbonyl (C=O) groups is 2. The normalized spacial score (nSPS) is 15.2. The molecule has 9 nitrogen and oxygen atoms in total. The molecule has 0 atom stereocenters. The van der Waals surface area contributed by atoms with Crippen molar-refractivity contribution in [2.24, 2.45) is 5.92 Å². The highest BCUT2D eigenvalue weighted by Gasteiger charge is 2.46. The molecule has 3 aromatic heterocycles. The second kappa shape index (κ2) is 9.72. The molecule has 2 fully saturated rings. The third kappa shape index (κ3) is 5.09. The molecular weight excluding hydrogens is 490 g/mol. The number of pyridine rings is 2. The molecule has 2 N–H and O–H groups in total. The van der Waals surface area contributed by atoms with Gasteiger partial charge < -0.3 is 10.6 Å². The highest BCUT2D eigenvalue weighted by atomic mass is 16.2. The maximum atomic E-state index is 13.0. The summed E-state index contributed by atoms with van der Waals surface area (Å²) >= 11 is 0. The second-order valence-electron chi connectivity index (χ2n) is 10.1. The molecule has 2 aliphatic carbocycles. The molecule has 2 aliphatic rings. The van der Waals surface area contributed by atoms with E-state index in [0.717, 1.165) is 42.4 Å². The van der Waals surface area contributed by atoms with Crippen molar-refractivity contribution in [3.05, 3.63) is 84.1 Å². The Bertz CT molecular complexity index is 1650. The first kappa shape index (κ1) is 24.4. The van der Waals surface area contributed by atoms with Crippen molar-refractivity contribution in [2.45, 2.75) is 38.0 Å². The summed E-state index contributed by atoms with van der Waals surface area (Å²) in [5.41, 5.74) is 5.02.